The summed E-state index contributed by atoms with van der Waals surface area (Å²) in [5.74, 6) is 0.778. The number of thiazole rings is 1. The first-order valence-corrected chi connectivity index (χ1v) is 6.50. The molecule has 0 amide bonds. The van der Waals surface area contributed by atoms with E-state index in [4.69, 9.17) is 0 Å². The zero-order valence-electron chi connectivity index (χ0n) is 8.16. The third kappa shape index (κ3) is 4.77. The van der Waals surface area contributed by atoms with Crippen molar-refractivity contribution < 1.29 is 0 Å². The first kappa shape index (κ1) is 11.2. The van der Waals surface area contributed by atoms with E-state index >= 15 is 0 Å². The molecular formula is C10H16BrNS. The summed E-state index contributed by atoms with van der Waals surface area (Å²) in [5, 5.41) is 3.30. The summed E-state index contributed by atoms with van der Waals surface area (Å²) in [6, 6.07) is 0. The Balaban J connectivity index is 2.19. The van der Waals surface area contributed by atoms with Crippen molar-refractivity contribution in [3.63, 3.8) is 0 Å². The van der Waals surface area contributed by atoms with Gasteiger partial charge in [-0.3, -0.25) is 0 Å². The first-order valence-electron chi connectivity index (χ1n) is 4.71. The van der Waals surface area contributed by atoms with Crippen molar-refractivity contribution >= 4 is 27.3 Å². The molecule has 0 aliphatic rings. The van der Waals surface area contributed by atoms with Crippen LogP contribution in [0.4, 0.5) is 0 Å². The average Bonchev–Trinajstić information content (AvgIpc) is 2.51. The second-order valence-electron chi connectivity index (χ2n) is 3.69. The van der Waals surface area contributed by atoms with Crippen LogP contribution < -0.4 is 0 Å². The summed E-state index contributed by atoms with van der Waals surface area (Å²) in [6.45, 7) is 4.52. The van der Waals surface area contributed by atoms with Gasteiger partial charge in [0.25, 0.3) is 0 Å². The van der Waals surface area contributed by atoms with Crippen molar-refractivity contribution in [1.82, 2.24) is 4.98 Å². The van der Waals surface area contributed by atoms with Gasteiger partial charge in [0.2, 0.25) is 0 Å². The first-order chi connectivity index (χ1) is 6.18. The van der Waals surface area contributed by atoms with Crippen molar-refractivity contribution in [2.45, 2.75) is 37.9 Å². The highest BCUT2D eigenvalue weighted by atomic mass is 79.9. The van der Waals surface area contributed by atoms with Crippen LogP contribution in [0.25, 0.3) is 0 Å². The van der Waals surface area contributed by atoms with Crippen molar-refractivity contribution in [2.24, 2.45) is 5.92 Å². The van der Waals surface area contributed by atoms with E-state index in [-0.39, 0.29) is 0 Å². The highest BCUT2D eigenvalue weighted by molar-refractivity contribution is 9.09. The molecule has 0 spiro atoms. The van der Waals surface area contributed by atoms with E-state index in [0.717, 1.165) is 12.3 Å². The molecule has 1 aromatic heterocycles. The van der Waals surface area contributed by atoms with E-state index in [0.29, 0.717) is 4.83 Å². The summed E-state index contributed by atoms with van der Waals surface area (Å²) < 4.78 is 0. The van der Waals surface area contributed by atoms with Gasteiger partial charge in [-0.05, 0) is 18.8 Å². The minimum Gasteiger partial charge on any atom is -0.250 e. The Bertz CT molecular complexity index is 221. The number of nitrogens with zero attached hydrogens (tertiary/aromatic N) is 1. The Morgan fingerprint density at radius 1 is 1.54 bits per heavy atom. The topological polar surface area (TPSA) is 12.9 Å². The number of hydrogen-bond donors (Lipinski definition) is 0. The third-order valence-corrected chi connectivity index (χ3v) is 3.55. The van der Waals surface area contributed by atoms with Gasteiger partial charge in [-0.15, -0.1) is 11.3 Å². The van der Waals surface area contributed by atoms with Crippen LogP contribution in [0.1, 0.15) is 31.7 Å². The summed E-state index contributed by atoms with van der Waals surface area (Å²) in [6.07, 6.45) is 5.45. The van der Waals surface area contributed by atoms with E-state index in [1.807, 2.05) is 11.6 Å². The monoisotopic (exact) mass is 261 g/mol. The van der Waals surface area contributed by atoms with E-state index < -0.39 is 0 Å². The lowest BCUT2D eigenvalue weighted by atomic mass is 10.1. The minimum absolute atomic E-state index is 0.649. The van der Waals surface area contributed by atoms with Crippen LogP contribution in [0.3, 0.4) is 0 Å². The predicted molar refractivity (Wildman–Crippen MR) is 62.6 cm³/mol. The minimum atomic E-state index is 0.649. The maximum atomic E-state index is 4.27. The number of halogens is 1. The smallest absolute Gasteiger partial charge is 0.0925 e. The molecule has 3 heteroatoms. The van der Waals surface area contributed by atoms with Crippen molar-refractivity contribution in [3.8, 4) is 0 Å². The molecule has 0 N–H and O–H groups in total. The van der Waals surface area contributed by atoms with Crippen LogP contribution in [-0.2, 0) is 6.42 Å². The van der Waals surface area contributed by atoms with Crippen molar-refractivity contribution in [1.29, 1.82) is 0 Å². The lowest BCUT2D eigenvalue weighted by Crippen LogP contribution is -2.04. The van der Waals surface area contributed by atoms with E-state index in [9.17, 15) is 0 Å². The van der Waals surface area contributed by atoms with Gasteiger partial charge in [-0.2, -0.15) is 0 Å². The zero-order chi connectivity index (χ0) is 9.68. The molecule has 1 atom stereocenters. The normalized spacial score (nSPS) is 13.5. The molecular weight excluding hydrogens is 246 g/mol. The Kier molecular flexibility index (Phi) is 4.96. The van der Waals surface area contributed by atoms with Crippen molar-refractivity contribution in [3.05, 3.63) is 16.6 Å². The summed E-state index contributed by atoms with van der Waals surface area (Å²) in [7, 11) is 0. The largest absolute Gasteiger partial charge is 0.250 e. The van der Waals surface area contributed by atoms with Gasteiger partial charge in [0, 0.05) is 22.8 Å². The Labute approximate surface area is 92.7 Å². The lowest BCUT2D eigenvalue weighted by molar-refractivity contribution is 0.554. The van der Waals surface area contributed by atoms with Gasteiger partial charge in [-0.25, -0.2) is 4.98 Å². The fourth-order valence-corrected chi connectivity index (χ4v) is 2.90. The van der Waals surface area contributed by atoms with Gasteiger partial charge in [0.05, 0.1) is 5.01 Å². The SMILES string of the molecule is CC(C)CC(Br)CCc1nccs1. The molecule has 0 aromatic carbocycles. The molecule has 1 nitrogen and oxygen atoms in total. The van der Waals surface area contributed by atoms with Gasteiger partial charge in [0.1, 0.15) is 0 Å². The third-order valence-electron chi connectivity index (χ3n) is 1.88. The molecule has 13 heavy (non-hydrogen) atoms. The van der Waals surface area contributed by atoms with Crippen molar-refractivity contribution in [2.75, 3.05) is 0 Å². The highest BCUT2D eigenvalue weighted by Gasteiger charge is 2.07. The molecule has 0 bridgehead atoms. The van der Waals surface area contributed by atoms with Crippen LogP contribution in [0, 0.1) is 5.92 Å². The molecule has 1 heterocycles. The fraction of sp³-hybridized carbons (Fsp3) is 0.700. The molecule has 1 aromatic rings. The predicted octanol–water partition coefficient (Wildman–Crippen LogP) is 3.89. The Hall–Kier alpha value is 0.110. The van der Waals surface area contributed by atoms with E-state index in [1.54, 1.807) is 11.3 Å². The molecule has 0 saturated heterocycles. The molecule has 0 fully saturated rings. The molecule has 1 rings (SSSR count). The van der Waals surface area contributed by atoms with Crippen LogP contribution in [0.15, 0.2) is 11.6 Å². The zero-order valence-corrected chi connectivity index (χ0v) is 10.6. The van der Waals surface area contributed by atoms with E-state index in [1.165, 1.54) is 17.8 Å². The number of aromatic nitrogens is 1. The van der Waals surface area contributed by atoms with Gasteiger partial charge in [-0.1, -0.05) is 29.8 Å². The Morgan fingerprint density at radius 3 is 2.85 bits per heavy atom. The second kappa shape index (κ2) is 5.76. The maximum Gasteiger partial charge on any atom is 0.0925 e. The summed E-state index contributed by atoms with van der Waals surface area (Å²) >= 11 is 5.45. The number of rotatable bonds is 5. The number of aryl methyl sites for hydroxylation is 1. The van der Waals surface area contributed by atoms with Gasteiger partial charge < -0.3 is 0 Å². The quantitative estimate of drug-likeness (QED) is 0.734. The number of alkyl halides is 1. The average molecular weight is 262 g/mol. The molecule has 1 unspecified atom stereocenters. The standard InChI is InChI=1S/C10H16BrNS/c1-8(2)7-9(11)3-4-10-12-5-6-13-10/h5-6,8-9H,3-4,7H2,1-2H3. The highest BCUT2D eigenvalue weighted by Crippen LogP contribution is 2.19. The maximum absolute atomic E-state index is 4.27. The van der Waals surface area contributed by atoms with Gasteiger partial charge in [0.15, 0.2) is 0 Å². The molecule has 74 valence electrons. The van der Waals surface area contributed by atoms with E-state index in [2.05, 4.69) is 34.8 Å². The van der Waals surface area contributed by atoms with Crippen LogP contribution in [-0.4, -0.2) is 9.81 Å². The second-order valence-corrected chi connectivity index (χ2v) is 5.97. The molecule has 0 radical (unpaired) electrons. The molecule has 0 saturated carbocycles. The molecule has 0 aliphatic heterocycles. The molecule has 0 aliphatic carbocycles. The van der Waals surface area contributed by atoms with Gasteiger partial charge >= 0.3 is 0 Å². The summed E-state index contributed by atoms with van der Waals surface area (Å²) in [4.78, 5) is 4.91. The Morgan fingerprint density at radius 2 is 2.31 bits per heavy atom. The summed E-state index contributed by atoms with van der Waals surface area (Å²) in [5.41, 5.74) is 0. The van der Waals surface area contributed by atoms with Crippen LogP contribution in [0.2, 0.25) is 0 Å². The van der Waals surface area contributed by atoms with Crippen LogP contribution >= 0.6 is 27.3 Å². The van der Waals surface area contributed by atoms with Crippen LogP contribution in [0.5, 0.6) is 0 Å². The number of hydrogen-bond acceptors (Lipinski definition) is 2. The fourth-order valence-electron chi connectivity index (χ4n) is 1.29. The lowest BCUT2D eigenvalue weighted by Gasteiger charge is -2.10.